The summed E-state index contributed by atoms with van der Waals surface area (Å²) in [6.07, 6.45) is 3.38. The fourth-order valence-corrected chi connectivity index (χ4v) is 3.21. The molecule has 22 heavy (non-hydrogen) atoms. The third kappa shape index (κ3) is 4.63. The molecule has 1 aromatic carbocycles. The van der Waals surface area contributed by atoms with E-state index in [0.29, 0.717) is 18.2 Å². The highest BCUT2D eigenvalue weighted by molar-refractivity contribution is 7.53. The van der Waals surface area contributed by atoms with E-state index in [0.717, 1.165) is 11.3 Å². The molecule has 0 aliphatic carbocycles. The average molecular weight is 322 g/mol. The van der Waals surface area contributed by atoms with Crippen LogP contribution >= 0.6 is 7.60 Å². The topological polar surface area (TPSA) is 70.5 Å². The maximum absolute atomic E-state index is 12.4. The van der Waals surface area contributed by atoms with Crippen LogP contribution in [0.3, 0.4) is 0 Å². The number of ether oxygens (including phenoxy) is 1. The summed E-state index contributed by atoms with van der Waals surface area (Å²) in [5, 5.41) is 0. The van der Waals surface area contributed by atoms with Gasteiger partial charge < -0.3 is 13.8 Å². The van der Waals surface area contributed by atoms with Crippen LogP contribution in [0, 0.1) is 6.92 Å². The summed E-state index contributed by atoms with van der Waals surface area (Å²) >= 11 is 0. The first-order valence-electron chi connectivity index (χ1n) is 6.89. The van der Waals surface area contributed by atoms with E-state index in [-0.39, 0.29) is 6.16 Å². The molecule has 0 aliphatic rings. The van der Waals surface area contributed by atoms with Crippen LogP contribution in [0.15, 0.2) is 36.7 Å². The molecule has 0 saturated heterocycles. The van der Waals surface area contributed by atoms with Gasteiger partial charge in [-0.2, -0.15) is 0 Å². The monoisotopic (exact) mass is 322 g/mol. The molecule has 0 bridgehead atoms. The molecule has 1 heterocycles. The van der Waals surface area contributed by atoms with Crippen molar-refractivity contribution < 1.29 is 18.3 Å². The molecule has 7 heteroatoms. The Kier molecular flexibility index (Phi) is 5.66. The minimum absolute atomic E-state index is 0.189. The van der Waals surface area contributed by atoms with Crippen LogP contribution < -0.4 is 4.74 Å². The standard InChI is InChI=1S/C15H19N2O4P/c1-4-20-22(18,19-3)11-13-6-5-7-14(8-13)21-15-10-16-12(2)9-17-15/h5-10H,4,11H2,1-3H3. The van der Waals surface area contributed by atoms with Gasteiger partial charge in [-0.15, -0.1) is 0 Å². The van der Waals surface area contributed by atoms with Gasteiger partial charge in [0.15, 0.2) is 0 Å². The van der Waals surface area contributed by atoms with Gasteiger partial charge in [0.2, 0.25) is 5.88 Å². The Labute approximate surface area is 130 Å². The van der Waals surface area contributed by atoms with Gasteiger partial charge in [-0.3, -0.25) is 9.55 Å². The number of hydrogen-bond donors (Lipinski definition) is 0. The second-order valence-corrected chi connectivity index (χ2v) is 6.78. The van der Waals surface area contributed by atoms with Crippen LogP contribution in [-0.2, 0) is 19.8 Å². The van der Waals surface area contributed by atoms with Crippen molar-refractivity contribution in [2.45, 2.75) is 20.0 Å². The van der Waals surface area contributed by atoms with Crippen LogP contribution in [-0.4, -0.2) is 23.7 Å². The molecule has 2 rings (SSSR count). The van der Waals surface area contributed by atoms with Crippen molar-refractivity contribution in [3.63, 3.8) is 0 Å². The smallest absolute Gasteiger partial charge is 0.334 e. The largest absolute Gasteiger partial charge is 0.437 e. The fourth-order valence-electron chi connectivity index (χ4n) is 1.84. The molecule has 1 atom stereocenters. The fraction of sp³-hybridized carbons (Fsp3) is 0.333. The first-order chi connectivity index (χ1) is 10.5. The van der Waals surface area contributed by atoms with Crippen molar-refractivity contribution >= 4 is 7.60 Å². The molecule has 2 aromatic rings. The third-order valence-electron chi connectivity index (χ3n) is 2.86. The SMILES string of the molecule is CCOP(=O)(Cc1cccc(Oc2cnc(C)cn2)c1)OC. The van der Waals surface area contributed by atoms with E-state index >= 15 is 0 Å². The van der Waals surface area contributed by atoms with Crippen molar-refractivity contribution in [1.82, 2.24) is 9.97 Å². The van der Waals surface area contributed by atoms with E-state index in [1.807, 2.05) is 19.1 Å². The van der Waals surface area contributed by atoms with Gasteiger partial charge in [-0.25, -0.2) is 4.98 Å². The van der Waals surface area contributed by atoms with Gasteiger partial charge in [0.05, 0.1) is 30.9 Å². The lowest BCUT2D eigenvalue weighted by Crippen LogP contribution is -1.97. The summed E-state index contributed by atoms with van der Waals surface area (Å²) in [7, 11) is -1.73. The highest BCUT2D eigenvalue weighted by Crippen LogP contribution is 2.50. The zero-order chi connectivity index (χ0) is 16.0. The molecule has 6 nitrogen and oxygen atoms in total. The van der Waals surface area contributed by atoms with E-state index in [1.54, 1.807) is 31.5 Å². The predicted octanol–water partition coefficient (Wildman–Crippen LogP) is 3.95. The van der Waals surface area contributed by atoms with E-state index in [4.69, 9.17) is 13.8 Å². The molecule has 1 unspecified atom stereocenters. The Bertz CT molecular complexity index is 661. The van der Waals surface area contributed by atoms with Gasteiger partial charge in [-0.1, -0.05) is 12.1 Å². The summed E-state index contributed by atoms with van der Waals surface area (Å²) < 4.78 is 28.2. The molecule has 0 N–H and O–H groups in total. The third-order valence-corrected chi connectivity index (χ3v) is 4.82. The van der Waals surface area contributed by atoms with Crippen LogP contribution in [0.2, 0.25) is 0 Å². The second kappa shape index (κ2) is 7.49. The molecular formula is C15H19N2O4P. The Morgan fingerprint density at radius 1 is 1.23 bits per heavy atom. The number of hydrogen-bond acceptors (Lipinski definition) is 6. The van der Waals surface area contributed by atoms with Crippen molar-refractivity contribution in [3.05, 3.63) is 47.9 Å². The summed E-state index contributed by atoms with van der Waals surface area (Å²) in [6, 6.07) is 7.24. The molecule has 0 amide bonds. The van der Waals surface area contributed by atoms with Gasteiger partial charge in [-0.05, 0) is 31.5 Å². The maximum atomic E-state index is 12.4. The van der Waals surface area contributed by atoms with Gasteiger partial charge >= 0.3 is 7.60 Å². The second-order valence-electron chi connectivity index (χ2n) is 4.61. The van der Waals surface area contributed by atoms with Crippen molar-refractivity contribution in [2.24, 2.45) is 0 Å². The normalized spacial score (nSPS) is 13.6. The van der Waals surface area contributed by atoms with E-state index in [1.165, 1.54) is 7.11 Å². The molecular weight excluding hydrogens is 303 g/mol. The van der Waals surface area contributed by atoms with Crippen LogP contribution in [0.1, 0.15) is 18.2 Å². The van der Waals surface area contributed by atoms with Crippen LogP contribution in [0.25, 0.3) is 0 Å². The van der Waals surface area contributed by atoms with Gasteiger partial charge in [0.25, 0.3) is 0 Å². The molecule has 0 radical (unpaired) electrons. The van der Waals surface area contributed by atoms with Crippen molar-refractivity contribution in [1.29, 1.82) is 0 Å². The molecule has 0 saturated carbocycles. The van der Waals surface area contributed by atoms with Gasteiger partial charge in [0, 0.05) is 7.11 Å². The average Bonchev–Trinajstić information content (AvgIpc) is 2.50. The summed E-state index contributed by atoms with van der Waals surface area (Å²) in [6.45, 7) is 3.97. The first-order valence-corrected chi connectivity index (χ1v) is 8.62. The maximum Gasteiger partial charge on any atom is 0.334 e. The molecule has 0 spiro atoms. The number of aryl methyl sites for hydroxylation is 1. The molecule has 0 aliphatic heterocycles. The van der Waals surface area contributed by atoms with Crippen LogP contribution in [0.4, 0.5) is 0 Å². The Balaban J connectivity index is 2.12. The number of aromatic nitrogens is 2. The van der Waals surface area contributed by atoms with Crippen molar-refractivity contribution in [3.8, 4) is 11.6 Å². The summed E-state index contributed by atoms with van der Waals surface area (Å²) in [5.74, 6) is 0.997. The van der Waals surface area contributed by atoms with Crippen molar-refractivity contribution in [2.75, 3.05) is 13.7 Å². The van der Waals surface area contributed by atoms with E-state index in [2.05, 4.69) is 9.97 Å². The predicted molar refractivity (Wildman–Crippen MR) is 83.2 cm³/mol. The molecule has 118 valence electrons. The number of nitrogens with zero attached hydrogens (tertiary/aromatic N) is 2. The minimum atomic E-state index is -3.11. The summed E-state index contributed by atoms with van der Waals surface area (Å²) in [5.41, 5.74) is 1.62. The van der Waals surface area contributed by atoms with E-state index in [9.17, 15) is 4.57 Å². The zero-order valence-corrected chi connectivity index (χ0v) is 13.7. The quantitative estimate of drug-likeness (QED) is 0.719. The Morgan fingerprint density at radius 3 is 2.68 bits per heavy atom. The lowest BCUT2D eigenvalue weighted by Gasteiger charge is -2.15. The first kappa shape index (κ1) is 16.6. The number of benzene rings is 1. The highest BCUT2D eigenvalue weighted by Gasteiger charge is 2.23. The van der Waals surface area contributed by atoms with Gasteiger partial charge in [0.1, 0.15) is 5.75 Å². The lowest BCUT2D eigenvalue weighted by molar-refractivity contribution is 0.243. The van der Waals surface area contributed by atoms with Crippen LogP contribution in [0.5, 0.6) is 11.6 Å². The zero-order valence-electron chi connectivity index (χ0n) is 12.9. The highest BCUT2D eigenvalue weighted by atomic mass is 31.2. The molecule has 1 aromatic heterocycles. The van der Waals surface area contributed by atoms with E-state index < -0.39 is 7.60 Å². The Morgan fingerprint density at radius 2 is 2.05 bits per heavy atom. The molecule has 0 fully saturated rings. The number of rotatable bonds is 7. The minimum Gasteiger partial charge on any atom is -0.437 e. The lowest BCUT2D eigenvalue weighted by atomic mass is 10.2. The summed E-state index contributed by atoms with van der Waals surface area (Å²) in [4.78, 5) is 8.26. The Hall–Kier alpha value is -1.75.